The number of aromatic amines is 2. The molecule has 0 saturated heterocycles. The summed E-state index contributed by atoms with van der Waals surface area (Å²) in [4.78, 5) is 24.1. The van der Waals surface area contributed by atoms with E-state index in [1.165, 1.54) is 7.11 Å². The molecule has 2 N–H and O–H groups in total. The van der Waals surface area contributed by atoms with Crippen LogP contribution in [0.25, 0.3) is 0 Å². The zero-order valence-electron chi connectivity index (χ0n) is 15.1. The molecule has 7 heteroatoms. The van der Waals surface area contributed by atoms with Gasteiger partial charge in [0.15, 0.2) is 11.5 Å². The molecule has 0 aliphatic heterocycles. The smallest absolute Gasteiger partial charge is 0.306 e. The largest absolute Gasteiger partial charge is 0.493 e. The summed E-state index contributed by atoms with van der Waals surface area (Å²) in [7, 11) is 2.88. The molecule has 0 aliphatic carbocycles. The van der Waals surface area contributed by atoms with E-state index in [1.807, 2.05) is 19.9 Å². The normalized spacial score (nSPS) is 12.1. The number of carbonyl (C=O) groups excluding carboxylic acids is 1. The van der Waals surface area contributed by atoms with E-state index in [4.69, 9.17) is 14.2 Å². The number of benzene rings is 1. The highest BCUT2D eigenvalue weighted by atomic mass is 16.5. The Morgan fingerprint density at radius 2 is 1.88 bits per heavy atom. The Bertz CT molecular complexity index is 791. The van der Waals surface area contributed by atoms with Crippen LogP contribution in [0.1, 0.15) is 43.0 Å². The van der Waals surface area contributed by atoms with Gasteiger partial charge in [0, 0.05) is 17.2 Å². The number of ether oxygens (including phenoxy) is 3. The molecular weight excluding hydrogens is 324 g/mol. The number of aromatic nitrogens is 2. The second-order valence-electron chi connectivity index (χ2n) is 6.03. The second-order valence-corrected chi connectivity index (χ2v) is 6.03. The third-order valence-corrected chi connectivity index (χ3v) is 3.91. The van der Waals surface area contributed by atoms with Gasteiger partial charge in [-0.1, -0.05) is 6.07 Å². The van der Waals surface area contributed by atoms with Gasteiger partial charge in [-0.05, 0) is 38.5 Å². The molecule has 2 rings (SSSR count). The predicted octanol–water partition coefficient (Wildman–Crippen LogP) is 2.50. The monoisotopic (exact) mass is 348 g/mol. The molecule has 1 atom stereocenters. The maximum absolute atomic E-state index is 12.2. The molecule has 2 aromatic rings. The Balaban J connectivity index is 2.50. The average molecular weight is 348 g/mol. The first-order valence-corrected chi connectivity index (χ1v) is 8.05. The van der Waals surface area contributed by atoms with Crippen LogP contribution in [0.5, 0.6) is 11.5 Å². The summed E-state index contributed by atoms with van der Waals surface area (Å²) in [6.45, 7) is 5.64. The molecule has 7 nitrogen and oxygen atoms in total. The summed E-state index contributed by atoms with van der Waals surface area (Å²) < 4.78 is 15.9. The molecule has 1 unspecified atom stereocenters. The van der Waals surface area contributed by atoms with Crippen LogP contribution >= 0.6 is 0 Å². The highest BCUT2D eigenvalue weighted by Gasteiger charge is 2.25. The summed E-state index contributed by atoms with van der Waals surface area (Å²) in [5, 5.41) is 5.35. The van der Waals surface area contributed by atoms with E-state index < -0.39 is 11.9 Å². The minimum absolute atomic E-state index is 0.000351. The van der Waals surface area contributed by atoms with Crippen LogP contribution in [-0.4, -0.2) is 36.5 Å². The number of carbonyl (C=O) groups is 1. The summed E-state index contributed by atoms with van der Waals surface area (Å²) in [5.41, 5.74) is 1.70. The van der Waals surface area contributed by atoms with Gasteiger partial charge in [-0.3, -0.25) is 14.7 Å². The topological polar surface area (TPSA) is 93.4 Å². The molecule has 0 amide bonds. The van der Waals surface area contributed by atoms with Gasteiger partial charge in [0.1, 0.15) is 0 Å². The highest BCUT2D eigenvalue weighted by molar-refractivity contribution is 5.71. The van der Waals surface area contributed by atoms with Crippen molar-refractivity contribution in [3.63, 3.8) is 0 Å². The Labute approximate surface area is 146 Å². The molecular formula is C18H24N2O5. The number of esters is 1. The quantitative estimate of drug-likeness (QED) is 0.750. The fourth-order valence-corrected chi connectivity index (χ4v) is 2.76. The van der Waals surface area contributed by atoms with Crippen molar-refractivity contribution >= 4 is 5.97 Å². The van der Waals surface area contributed by atoms with Gasteiger partial charge in [0.2, 0.25) is 0 Å². The van der Waals surface area contributed by atoms with Crippen molar-refractivity contribution in [2.45, 2.75) is 39.2 Å². The van der Waals surface area contributed by atoms with Gasteiger partial charge in [-0.25, -0.2) is 0 Å². The van der Waals surface area contributed by atoms with Crippen molar-refractivity contribution in [2.24, 2.45) is 0 Å². The SMILES string of the molecule is COC(=O)CC(c1ccc(OC(C)C)c(OC)c1)c1c(C)[nH][nH]c1=O. The van der Waals surface area contributed by atoms with Gasteiger partial charge in [-0.15, -0.1) is 0 Å². The predicted molar refractivity (Wildman–Crippen MR) is 93.4 cm³/mol. The lowest BCUT2D eigenvalue weighted by Crippen LogP contribution is -2.17. The van der Waals surface area contributed by atoms with Crippen LogP contribution in [0.4, 0.5) is 0 Å². The Kier molecular flexibility index (Phi) is 5.90. The van der Waals surface area contributed by atoms with E-state index >= 15 is 0 Å². The average Bonchev–Trinajstić information content (AvgIpc) is 2.91. The van der Waals surface area contributed by atoms with Crippen LogP contribution in [-0.2, 0) is 9.53 Å². The van der Waals surface area contributed by atoms with Gasteiger partial charge >= 0.3 is 5.97 Å². The van der Waals surface area contributed by atoms with Crippen molar-refractivity contribution in [1.82, 2.24) is 10.2 Å². The third kappa shape index (κ3) is 4.23. The van der Waals surface area contributed by atoms with E-state index in [-0.39, 0.29) is 18.1 Å². The third-order valence-electron chi connectivity index (χ3n) is 3.91. The van der Waals surface area contributed by atoms with Crippen molar-refractivity contribution in [1.29, 1.82) is 0 Å². The maximum atomic E-state index is 12.2. The number of H-pyrrole nitrogens is 2. The van der Waals surface area contributed by atoms with E-state index in [0.29, 0.717) is 22.8 Å². The zero-order chi connectivity index (χ0) is 18.6. The summed E-state index contributed by atoms with van der Waals surface area (Å²) >= 11 is 0. The lowest BCUT2D eigenvalue weighted by molar-refractivity contribution is -0.140. The molecule has 0 bridgehead atoms. The minimum Gasteiger partial charge on any atom is -0.493 e. The number of aryl methyl sites for hydroxylation is 1. The molecule has 0 radical (unpaired) electrons. The van der Waals surface area contributed by atoms with Crippen molar-refractivity contribution < 1.29 is 19.0 Å². The number of rotatable bonds is 7. The molecule has 0 saturated carbocycles. The van der Waals surface area contributed by atoms with Crippen LogP contribution in [0.2, 0.25) is 0 Å². The van der Waals surface area contributed by atoms with Crippen LogP contribution in [0, 0.1) is 6.92 Å². The molecule has 0 fully saturated rings. The van der Waals surface area contributed by atoms with Crippen LogP contribution < -0.4 is 15.0 Å². The van der Waals surface area contributed by atoms with Crippen molar-refractivity contribution in [3.8, 4) is 11.5 Å². The maximum Gasteiger partial charge on any atom is 0.306 e. The number of hydrogen-bond acceptors (Lipinski definition) is 5. The van der Waals surface area contributed by atoms with Gasteiger partial charge in [0.05, 0.1) is 26.7 Å². The summed E-state index contributed by atoms with van der Waals surface area (Å²) in [6, 6.07) is 5.41. The number of hydrogen-bond donors (Lipinski definition) is 2. The highest BCUT2D eigenvalue weighted by Crippen LogP contribution is 2.35. The molecule has 0 spiro atoms. The lowest BCUT2D eigenvalue weighted by Gasteiger charge is -2.19. The number of nitrogens with one attached hydrogen (secondary N) is 2. The first-order valence-electron chi connectivity index (χ1n) is 8.05. The Morgan fingerprint density at radius 3 is 2.40 bits per heavy atom. The molecule has 1 heterocycles. The first-order chi connectivity index (χ1) is 11.9. The van der Waals surface area contributed by atoms with Gasteiger partial charge in [-0.2, -0.15) is 0 Å². The number of methoxy groups -OCH3 is 2. The molecule has 1 aromatic carbocycles. The zero-order valence-corrected chi connectivity index (χ0v) is 15.1. The lowest BCUT2D eigenvalue weighted by atomic mass is 9.88. The Morgan fingerprint density at radius 1 is 1.16 bits per heavy atom. The van der Waals surface area contributed by atoms with Gasteiger partial charge in [0.25, 0.3) is 5.56 Å². The summed E-state index contributed by atoms with van der Waals surface area (Å²) in [5.74, 6) is 0.305. The van der Waals surface area contributed by atoms with Crippen LogP contribution in [0.15, 0.2) is 23.0 Å². The van der Waals surface area contributed by atoms with E-state index in [9.17, 15) is 9.59 Å². The van der Waals surface area contributed by atoms with E-state index in [2.05, 4.69) is 10.2 Å². The van der Waals surface area contributed by atoms with E-state index in [0.717, 1.165) is 5.56 Å². The minimum atomic E-state index is -0.454. The van der Waals surface area contributed by atoms with E-state index in [1.54, 1.807) is 26.2 Å². The Hall–Kier alpha value is -2.70. The van der Waals surface area contributed by atoms with Crippen LogP contribution in [0.3, 0.4) is 0 Å². The summed E-state index contributed by atoms with van der Waals surface area (Å²) in [6.07, 6.45) is 0.0478. The first kappa shape index (κ1) is 18.6. The second kappa shape index (κ2) is 7.92. The fraction of sp³-hybridized carbons (Fsp3) is 0.444. The fourth-order valence-electron chi connectivity index (χ4n) is 2.76. The molecule has 136 valence electrons. The van der Waals surface area contributed by atoms with Crippen molar-refractivity contribution in [2.75, 3.05) is 14.2 Å². The molecule has 0 aliphatic rings. The standard InChI is InChI=1S/C18H24N2O5/c1-10(2)25-14-7-6-12(8-15(14)23-4)13(9-16(21)24-5)17-11(3)19-20-18(17)22/h6-8,10,13H,9H2,1-5H3,(H2,19,20,22). The van der Waals surface area contributed by atoms with Crippen molar-refractivity contribution in [3.05, 3.63) is 45.4 Å². The van der Waals surface area contributed by atoms with Gasteiger partial charge < -0.3 is 19.3 Å². The molecule has 25 heavy (non-hydrogen) atoms. The molecule has 1 aromatic heterocycles.